The molecule has 0 spiro atoms. The summed E-state index contributed by atoms with van der Waals surface area (Å²) in [5.41, 5.74) is 3.81. The molecule has 2 rings (SSSR count). The zero-order valence-corrected chi connectivity index (χ0v) is 16.3. The Kier molecular flexibility index (Phi) is 6.02. The van der Waals surface area contributed by atoms with Gasteiger partial charge in [0.25, 0.3) is 0 Å². The van der Waals surface area contributed by atoms with Gasteiger partial charge in [0.2, 0.25) is 0 Å². The first kappa shape index (κ1) is 19.2. The molecule has 0 amide bonds. The van der Waals surface area contributed by atoms with E-state index in [0.29, 0.717) is 0 Å². The highest BCUT2D eigenvalue weighted by Gasteiger charge is 2.36. The molecule has 0 heterocycles. The van der Waals surface area contributed by atoms with Crippen LogP contribution in [-0.4, -0.2) is 0 Å². The minimum Gasteiger partial charge on any atom is -0.351 e. The molecule has 0 saturated heterocycles. The molecule has 0 aliphatic heterocycles. The Morgan fingerprint density at radius 1 is 0.680 bits per heavy atom. The van der Waals surface area contributed by atoms with Crippen molar-refractivity contribution in [3.8, 4) is 0 Å². The zero-order valence-electron chi connectivity index (χ0n) is 16.3. The van der Waals surface area contributed by atoms with Gasteiger partial charge in [-0.2, -0.15) is 0 Å². The van der Waals surface area contributed by atoms with E-state index in [4.69, 9.17) is 4.74 Å². The first-order valence-corrected chi connectivity index (χ1v) is 8.96. The van der Waals surface area contributed by atoms with E-state index in [9.17, 15) is 0 Å². The fraction of sp³-hybridized carbons (Fsp3) is 0.333. The third-order valence-corrected chi connectivity index (χ3v) is 4.75. The van der Waals surface area contributed by atoms with Gasteiger partial charge in [0.05, 0.1) is 0 Å². The molecule has 132 valence electrons. The third kappa shape index (κ3) is 4.11. The molecule has 0 saturated carbocycles. The lowest BCUT2D eigenvalue weighted by Gasteiger charge is -2.39. The smallest absolute Gasteiger partial charge is 0.110 e. The molecule has 2 aromatic rings. The van der Waals surface area contributed by atoms with Crippen LogP contribution in [0.5, 0.6) is 0 Å². The molecule has 0 aromatic heterocycles. The fourth-order valence-electron chi connectivity index (χ4n) is 3.69. The quantitative estimate of drug-likeness (QED) is 0.541. The SMILES string of the molecule is CC=CC(C)(OC(C)(C=CC)c1ccccc1C)c1ccccc1C. The predicted molar refractivity (Wildman–Crippen MR) is 108 cm³/mol. The van der Waals surface area contributed by atoms with Crippen LogP contribution >= 0.6 is 0 Å². The van der Waals surface area contributed by atoms with Crippen LogP contribution in [0.15, 0.2) is 72.8 Å². The molecule has 2 unspecified atom stereocenters. The number of hydrogen-bond donors (Lipinski definition) is 0. The van der Waals surface area contributed by atoms with Crippen molar-refractivity contribution in [3.63, 3.8) is 0 Å². The Morgan fingerprint density at radius 3 is 1.36 bits per heavy atom. The maximum absolute atomic E-state index is 6.87. The maximum Gasteiger partial charge on any atom is 0.110 e. The first-order chi connectivity index (χ1) is 11.9. The van der Waals surface area contributed by atoms with Crippen molar-refractivity contribution in [1.82, 2.24) is 0 Å². The van der Waals surface area contributed by atoms with Gasteiger partial charge in [-0.15, -0.1) is 0 Å². The molecule has 2 atom stereocenters. The van der Waals surface area contributed by atoms with Gasteiger partial charge in [-0.25, -0.2) is 0 Å². The molecule has 0 bridgehead atoms. The molecule has 25 heavy (non-hydrogen) atoms. The zero-order chi connectivity index (χ0) is 18.5. The molecule has 2 aromatic carbocycles. The lowest BCUT2D eigenvalue weighted by atomic mass is 9.86. The molecule has 0 aliphatic carbocycles. The Morgan fingerprint density at radius 2 is 1.04 bits per heavy atom. The van der Waals surface area contributed by atoms with E-state index in [1.165, 1.54) is 22.3 Å². The molecule has 0 N–H and O–H groups in total. The maximum atomic E-state index is 6.87. The molecule has 0 radical (unpaired) electrons. The number of ether oxygens (including phenoxy) is 1. The summed E-state index contributed by atoms with van der Waals surface area (Å²) in [5.74, 6) is 0. The van der Waals surface area contributed by atoms with Gasteiger partial charge >= 0.3 is 0 Å². The summed E-state index contributed by atoms with van der Waals surface area (Å²) in [6.07, 6.45) is 8.44. The second-order valence-electron chi connectivity index (χ2n) is 6.95. The highest BCUT2D eigenvalue weighted by atomic mass is 16.5. The number of aryl methyl sites for hydroxylation is 2. The fourth-order valence-corrected chi connectivity index (χ4v) is 3.69. The van der Waals surface area contributed by atoms with Crippen LogP contribution in [0, 0.1) is 13.8 Å². The van der Waals surface area contributed by atoms with E-state index in [2.05, 4.69) is 101 Å². The van der Waals surface area contributed by atoms with E-state index >= 15 is 0 Å². The van der Waals surface area contributed by atoms with Gasteiger partial charge in [-0.05, 0) is 63.8 Å². The van der Waals surface area contributed by atoms with E-state index in [1.807, 2.05) is 13.8 Å². The standard InChI is InChI=1S/C24H30O/c1-7-17-23(5,21-15-11-9-13-19(21)3)25-24(6,18-8-2)22-16-12-10-14-20(22)4/h7-18H,1-6H3. The van der Waals surface area contributed by atoms with Crippen LogP contribution in [0.1, 0.15) is 49.9 Å². The van der Waals surface area contributed by atoms with Crippen LogP contribution in [0.4, 0.5) is 0 Å². The van der Waals surface area contributed by atoms with Gasteiger partial charge in [-0.1, -0.05) is 72.8 Å². The van der Waals surface area contributed by atoms with Crippen molar-refractivity contribution in [3.05, 3.63) is 95.1 Å². The number of allylic oxidation sites excluding steroid dienone is 2. The Balaban J connectivity index is 2.59. The first-order valence-electron chi connectivity index (χ1n) is 8.96. The minimum absolute atomic E-state index is 0.517. The monoisotopic (exact) mass is 334 g/mol. The number of rotatable bonds is 6. The second-order valence-corrected chi connectivity index (χ2v) is 6.95. The predicted octanol–water partition coefficient (Wildman–Crippen LogP) is 6.60. The topological polar surface area (TPSA) is 9.23 Å². The van der Waals surface area contributed by atoms with Gasteiger partial charge < -0.3 is 4.74 Å². The van der Waals surface area contributed by atoms with E-state index < -0.39 is 11.2 Å². The van der Waals surface area contributed by atoms with E-state index in [1.54, 1.807) is 0 Å². The van der Waals surface area contributed by atoms with Gasteiger partial charge in [0.15, 0.2) is 0 Å². The van der Waals surface area contributed by atoms with Gasteiger partial charge in [0.1, 0.15) is 11.2 Å². The Hall–Kier alpha value is -2.12. The normalized spacial score (nSPS) is 16.9. The highest BCUT2D eigenvalue weighted by molar-refractivity contribution is 5.38. The van der Waals surface area contributed by atoms with Gasteiger partial charge in [-0.3, -0.25) is 0 Å². The molecular formula is C24H30O. The van der Waals surface area contributed by atoms with Crippen molar-refractivity contribution >= 4 is 0 Å². The third-order valence-electron chi connectivity index (χ3n) is 4.75. The molecule has 0 aliphatic rings. The summed E-state index contributed by atoms with van der Waals surface area (Å²) >= 11 is 0. The lowest BCUT2D eigenvalue weighted by molar-refractivity contribution is -0.0985. The summed E-state index contributed by atoms with van der Waals surface area (Å²) in [7, 11) is 0. The summed E-state index contributed by atoms with van der Waals surface area (Å²) in [6.45, 7) is 12.7. The van der Waals surface area contributed by atoms with Crippen molar-refractivity contribution in [1.29, 1.82) is 0 Å². The average molecular weight is 335 g/mol. The van der Waals surface area contributed by atoms with Crippen LogP contribution in [0.3, 0.4) is 0 Å². The highest BCUT2D eigenvalue weighted by Crippen LogP contribution is 2.40. The van der Waals surface area contributed by atoms with Crippen LogP contribution in [0.2, 0.25) is 0 Å². The van der Waals surface area contributed by atoms with Crippen LogP contribution in [-0.2, 0) is 15.9 Å². The largest absolute Gasteiger partial charge is 0.351 e. The minimum atomic E-state index is -0.517. The average Bonchev–Trinajstić information content (AvgIpc) is 2.55. The van der Waals surface area contributed by atoms with Crippen molar-refractivity contribution in [2.24, 2.45) is 0 Å². The molecule has 1 heteroatoms. The molecule has 0 fully saturated rings. The summed E-state index contributed by atoms with van der Waals surface area (Å²) in [6, 6.07) is 16.9. The van der Waals surface area contributed by atoms with Crippen molar-refractivity contribution in [2.75, 3.05) is 0 Å². The lowest BCUT2D eigenvalue weighted by Crippen LogP contribution is -2.36. The van der Waals surface area contributed by atoms with Crippen LogP contribution in [0.25, 0.3) is 0 Å². The van der Waals surface area contributed by atoms with Crippen molar-refractivity contribution < 1.29 is 4.74 Å². The second kappa shape index (κ2) is 7.84. The summed E-state index contributed by atoms with van der Waals surface area (Å²) in [4.78, 5) is 0. The Labute approximate surface area is 153 Å². The number of hydrogen-bond acceptors (Lipinski definition) is 1. The van der Waals surface area contributed by atoms with E-state index in [-0.39, 0.29) is 0 Å². The molecular weight excluding hydrogens is 304 g/mol. The van der Waals surface area contributed by atoms with Crippen LogP contribution < -0.4 is 0 Å². The number of benzene rings is 2. The van der Waals surface area contributed by atoms with Gasteiger partial charge in [0, 0.05) is 0 Å². The van der Waals surface area contributed by atoms with E-state index in [0.717, 1.165) is 0 Å². The summed E-state index contributed by atoms with van der Waals surface area (Å²) in [5, 5.41) is 0. The summed E-state index contributed by atoms with van der Waals surface area (Å²) < 4.78 is 6.87. The van der Waals surface area contributed by atoms with Crippen molar-refractivity contribution in [2.45, 2.75) is 52.7 Å². The molecule has 1 nitrogen and oxygen atoms in total. The Bertz CT molecular complexity index is 706.